The zero-order valence-electron chi connectivity index (χ0n) is 20.2. The molecule has 0 N–H and O–H groups in total. The Bertz CT molecular complexity index is 948. The number of nitrogens with zero attached hydrogens (tertiary/aromatic N) is 2. The van der Waals surface area contributed by atoms with Gasteiger partial charge in [0.2, 0.25) is 17.6 Å². The Kier molecular flexibility index (Phi) is 8.20. The molecule has 1 heterocycles. The Balaban J connectivity index is 1.78. The molecule has 33 heavy (non-hydrogen) atoms. The van der Waals surface area contributed by atoms with E-state index in [0.29, 0.717) is 30.2 Å². The van der Waals surface area contributed by atoms with Crippen LogP contribution in [0.5, 0.6) is 17.2 Å². The van der Waals surface area contributed by atoms with Gasteiger partial charge in [0, 0.05) is 20.0 Å². The Morgan fingerprint density at radius 3 is 2.09 bits per heavy atom. The Labute approximate surface area is 196 Å². The number of carbonyl (C=O) groups is 2. The molecular weight excluding hydrogens is 420 g/mol. The van der Waals surface area contributed by atoms with Gasteiger partial charge in [-0.2, -0.15) is 0 Å². The lowest BCUT2D eigenvalue weighted by Crippen LogP contribution is -2.59. The molecule has 0 saturated carbocycles. The third-order valence-electron chi connectivity index (χ3n) is 6.20. The van der Waals surface area contributed by atoms with Crippen molar-refractivity contribution in [2.75, 3.05) is 41.5 Å². The second kappa shape index (κ2) is 11.1. The highest BCUT2D eigenvalue weighted by Crippen LogP contribution is 2.41. The maximum Gasteiger partial charge on any atom is 0.246 e. The number of unbranched alkanes of at least 4 members (excludes halogenated alkanes) is 2. The third kappa shape index (κ3) is 5.41. The molecule has 1 aliphatic heterocycles. The number of hydrogen-bond donors (Lipinski definition) is 0. The smallest absolute Gasteiger partial charge is 0.246 e. The predicted octanol–water partition coefficient (Wildman–Crippen LogP) is 3.78. The summed E-state index contributed by atoms with van der Waals surface area (Å²) in [7, 11) is 6.48. The highest BCUT2D eigenvalue weighted by Gasteiger charge is 2.36. The van der Waals surface area contributed by atoms with Crippen LogP contribution in [0.1, 0.15) is 31.7 Å². The summed E-state index contributed by atoms with van der Waals surface area (Å²) < 4.78 is 16.3. The third-order valence-corrected chi connectivity index (χ3v) is 6.20. The lowest BCUT2D eigenvalue weighted by atomic mass is 9.98. The summed E-state index contributed by atoms with van der Waals surface area (Å²) >= 11 is 0. The molecule has 0 aliphatic carbocycles. The summed E-state index contributed by atoms with van der Waals surface area (Å²) in [5.41, 5.74) is 2.91. The standard InChI is InChI=1S/C26H34N2O5/c1-6-7-8-13-28-17-24(29)27(2)21(26(28)30)14-18-9-11-19(12-10-18)20-15-22(31-3)25(33-5)23(16-20)32-4/h9-12,15-16,21H,6-8,13-14,17H2,1-5H3/t21-/m0/s1. The van der Waals surface area contributed by atoms with Gasteiger partial charge in [-0.1, -0.05) is 44.0 Å². The van der Waals surface area contributed by atoms with E-state index < -0.39 is 6.04 Å². The molecule has 1 saturated heterocycles. The van der Waals surface area contributed by atoms with E-state index in [4.69, 9.17) is 14.2 Å². The SMILES string of the molecule is CCCCCN1CC(=O)N(C)[C@@H](Cc2ccc(-c3cc(OC)c(OC)c(OC)c3)cc2)C1=O. The topological polar surface area (TPSA) is 68.3 Å². The number of methoxy groups -OCH3 is 3. The maximum absolute atomic E-state index is 13.1. The number of benzene rings is 2. The van der Waals surface area contributed by atoms with Crippen molar-refractivity contribution in [3.05, 3.63) is 42.0 Å². The van der Waals surface area contributed by atoms with Crippen molar-refractivity contribution in [3.63, 3.8) is 0 Å². The van der Waals surface area contributed by atoms with E-state index in [1.807, 2.05) is 36.4 Å². The van der Waals surface area contributed by atoms with Gasteiger partial charge in [-0.3, -0.25) is 9.59 Å². The molecule has 2 aromatic carbocycles. The van der Waals surface area contributed by atoms with Crippen LogP contribution in [0.4, 0.5) is 0 Å². The van der Waals surface area contributed by atoms with E-state index in [1.165, 1.54) is 0 Å². The van der Waals surface area contributed by atoms with Gasteiger partial charge in [0.05, 0.1) is 27.9 Å². The van der Waals surface area contributed by atoms with Gasteiger partial charge >= 0.3 is 0 Å². The largest absolute Gasteiger partial charge is 0.493 e. The van der Waals surface area contributed by atoms with Crippen LogP contribution < -0.4 is 14.2 Å². The second-order valence-corrected chi connectivity index (χ2v) is 8.30. The molecule has 1 fully saturated rings. The van der Waals surface area contributed by atoms with E-state index >= 15 is 0 Å². The molecule has 2 aromatic rings. The fourth-order valence-corrected chi connectivity index (χ4v) is 4.17. The molecule has 0 aromatic heterocycles. The Morgan fingerprint density at radius 2 is 1.55 bits per heavy atom. The van der Waals surface area contributed by atoms with Crippen molar-refractivity contribution in [3.8, 4) is 28.4 Å². The van der Waals surface area contributed by atoms with E-state index in [-0.39, 0.29) is 18.4 Å². The van der Waals surface area contributed by atoms with Crippen molar-refractivity contribution in [2.24, 2.45) is 0 Å². The number of likely N-dealkylation sites (N-methyl/N-ethyl adjacent to an activating group) is 1. The summed E-state index contributed by atoms with van der Waals surface area (Å²) in [5, 5.41) is 0. The summed E-state index contributed by atoms with van der Waals surface area (Å²) in [6, 6.07) is 11.3. The van der Waals surface area contributed by atoms with Gasteiger partial charge in [0.1, 0.15) is 6.04 Å². The van der Waals surface area contributed by atoms with Crippen LogP contribution in [0, 0.1) is 0 Å². The van der Waals surface area contributed by atoms with Crippen molar-refractivity contribution in [1.29, 1.82) is 0 Å². The van der Waals surface area contributed by atoms with Crippen LogP contribution in [0.2, 0.25) is 0 Å². The summed E-state index contributed by atoms with van der Waals surface area (Å²) in [4.78, 5) is 28.9. The maximum atomic E-state index is 13.1. The van der Waals surface area contributed by atoms with Gasteiger partial charge in [-0.15, -0.1) is 0 Å². The highest BCUT2D eigenvalue weighted by molar-refractivity contribution is 5.95. The molecular formula is C26H34N2O5. The molecule has 1 aliphatic rings. The first-order valence-corrected chi connectivity index (χ1v) is 11.4. The second-order valence-electron chi connectivity index (χ2n) is 8.30. The molecule has 0 radical (unpaired) electrons. The zero-order chi connectivity index (χ0) is 24.0. The molecule has 3 rings (SSSR count). The summed E-state index contributed by atoms with van der Waals surface area (Å²) in [5.74, 6) is 1.75. The van der Waals surface area contributed by atoms with E-state index in [9.17, 15) is 9.59 Å². The van der Waals surface area contributed by atoms with Crippen LogP contribution in [0.3, 0.4) is 0 Å². The first-order valence-electron chi connectivity index (χ1n) is 11.4. The van der Waals surface area contributed by atoms with Crippen LogP contribution >= 0.6 is 0 Å². The number of piperazine rings is 1. The fraction of sp³-hybridized carbons (Fsp3) is 0.462. The first kappa shape index (κ1) is 24.4. The first-order chi connectivity index (χ1) is 15.9. The molecule has 0 unspecified atom stereocenters. The molecule has 7 heteroatoms. The molecule has 2 amide bonds. The van der Waals surface area contributed by atoms with Crippen molar-refractivity contribution >= 4 is 11.8 Å². The highest BCUT2D eigenvalue weighted by atomic mass is 16.5. The number of rotatable bonds is 10. The van der Waals surface area contributed by atoms with Gasteiger partial charge in [-0.05, 0) is 35.2 Å². The van der Waals surface area contributed by atoms with Crippen LogP contribution in [0.15, 0.2) is 36.4 Å². The average Bonchev–Trinajstić information content (AvgIpc) is 2.84. The quantitative estimate of drug-likeness (QED) is 0.511. The number of hydrogen-bond acceptors (Lipinski definition) is 5. The lowest BCUT2D eigenvalue weighted by Gasteiger charge is -2.38. The zero-order valence-corrected chi connectivity index (χ0v) is 20.2. The van der Waals surface area contributed by atoms with Crippen molar-refractivity contribution < 1.29 is 23.8 Å². The van der Waals surface area contributed by atoms with Gasteiger partial charge < -0.3 is 24.0 Å². The minimum Gasteiger partial charge on any atom is -0.493 e. The van der Waals surface area contributed by atoms with Gasteiger partial charge in [-0.25, -0.2) is 0 Å². The van der Waals surface area contributed by atoms with Gasteiger partial charge in [0.15, 0.2) is 11.5 Å². The molecule has 1 atom stereocenters. The minimum atomic E-state index is -0.472. The summed E-state index contributed by atoms with van der Waals surface area (Å²) in [6.07, 6.45) is 3.55. The van der Waals surface area contributed by atoms with Gasteiger partial charge in [0.25, 0.3) is 0 Å². The van der Waals surface area contributed by atoms with Crippen LogP contribution in [-0.4, -0.2) is 69.1 Å². The Hall–Kier alpha value is -3.22. The molecule has 178 valence electrons. The Morgan fingerprint density at radius 1 is 0.909 bits per heavy atom. The fourth-order valence-electron chi connectivity index (χ4n) is 4.17. The minimum absolute atomic E-state index is 0.00913. The van der Waals surface area contributed by atoms with Crippen LogP contribution in [-0.2, 0) is 16.0 Å². The number of carbonyl (C=O) groups excluding carboxylic acids is 2. The average molecular weight is 455 g/mol. The lowest BCUT2D eigenvalue weighted by molar-refractivity contribution is -0.154. The molecule has 7 nitrogen and oxygen atoms in total. The number of ether oxygens (including phenoxy) is 3. The normalized spacial score (nSPS) is 16.2. The van der Waals surface area contributed by atoms with E-state index in [0.717, 1.165) is 36.0 Å². The number of amides is 2. The molecule has 0 bridgehead atoms. The summed E-state index contributed by atoms with van der Waals surface area (Å²) in [6.45, 7) is 2.94. The van der Waals surface area contributed by atoms with E-state index in [1.54, 1.807) is 38.2 Å². The predicted molar refractivity (Wildman–Crippen MR) is 128 cm³/mol. The van der Waals surface area contributed by atoms with E-state index in [2.05, 4.69) is 6.92 Å². The van der Waals surface area contributed by atoms with Crippen molar-refractivity contribution in [2.45, 2.75) is 38.6 Å². The van der Waals surface area contributed by atoms with Crippen LogP contribution in [0.25, 0.3) is 11.1 Å². The van der Waals surface area contributed by atoms with Crippen molar-refractivity contribution in [1.82, 2.24) is 9.80 Å². The molecule has 0 spiro atoms. The monoisotopic (exact) mass is 454 g/mol.